The lowest BCUT2D eigenvalue weighted by molar-refractivity contribution is 0.657. The summed E-state index contributed by atoms with van der Waals surface area (Å²) in [6.07, 6.45) is 5.37. The molecule has 0 bridgehead atoms. The number of hydrogen-bond donors (Lipinski definition) is 1. The van der Waals surface area contributed by atoms with Crippen LogP contribution in [0.15, 0.2) is 23.9 Å². The highest BCUT2D eigenvalue weighted by Gasteiger charge is 2.03. The lowest BCUT2D eigenvalue weighted by Gasteiger charge is -2.12. The molecule has 0 unspecified atom stereocenters. The Bertz CT molecular complexity index is 350. The van der Waals surface area contributed by atoms with Crippen LogP contribution in [0.2, 0.25) is 0 Å². The first kappa shape index (κ1) is 13.9. The van der Waals surface area contributed by atoms with Crippen molar-refractivity contribution < 1.29 is 0 Å². The molecule has 0 spiro atoms. The van der Waals surface area contributed by atoms with Crippen LogP contribution in [-0.4, -0.2) is 18.1 Å². The first-order valence-corrected chi connectivity index (χ1v) is 6.47. The fourth-order valence-electron chi connectivity index (χ4n) is 1.61. The van der Waals surface area contributed by atoms with E-state index in [1.807, 2.05) is 13.1 Å². The summed E-state index contributed by atoms with van der Waals surface area (Å²) in [4.78, 5) is 4.32. The Morgan fingerprint density at radius 1 is 1.41 bits per heavy atom. The van der Waals surface area contributed by atoms with Gasteiger partial charge in [0, 0.05) is 18.4 Å². The van der Waals surface area contributed by atoms with E-state index >= 15 is 0 Å². The van der Waals surface area contributed by atoms with Crippen LogP contribution in [0.5, 0.6) is 0 Å². The van der Waals surface area contributed by atoms with Crippen LogP contribution < -0.4 is 5.32 Å². The van der Waals surface area contributed by atoms with Gasteiger partial charge in [0.2, 0.25) is 0 Å². The van der Waals surface area contributed by atoms with E-state index in [2.05, 4.69) is 49.3 Å². The number of aryl methyl sites for hydroxylation is 1. The van der Waals surface area contributed by atoms with E-state index < -0.39 is 0 Å². The molecule has 0 aliphatic heterocycles. The summed E-state index contributed by atoms with van der Waals surface area (Å²) in [5.74, 6) is 0.570. The summed E-state index contributed by atoms with van der Waals surface area (Å²) < 4.78 is 0. The summed E-state index contributed by atoms with van der Waals surface area (Å²) in [5, 5.41) is 3.46. The molecule has 0 atom stereocenters. The molecular weight excluding hydrogens is 208 g/mol. The largest absolute Gasteiger partial charge is 0.313 e. The van der Waals surface area contributed by atoms with Gasteiger partial charge in [0.1, 0.15) is 0 Å². The van der Waals surface area contributed by atoms with Gasteiger partial charge in [-0.15, -0.1) is 0 Å². The monoisotopic (exact) mass is 232 g/mol. The van der Waals surface area contributed by atoms with Crippen molar-refractivity contribution in [1.82, 2.24) is 10.3 Å². The molecule has 1 heterocycles. The van der Waals surface area contributed by atoms with Crippen molar-refractivity contribution in [3.05, 3.63) is 35.2 Å². The molecule has 0 radical (unpaired) electrons. The SMILES string of the molecule is CCCNC/C(=C/c1ccc(C)nc1)C(C)C. The third kappa shape index (κ3) is 5.14. The number of aromatic nitrogens is 1. The Balaban J connectivity index is 2.71. The van der Waals surface area contributed by atoms with Crippen molar-refractivity contribution in [3.8, 4) is 0 Å². The minimum atomic E-state index is 0.570. The third-order valence-electron chi connectivity index (χ3n) is 2.78. The molecule has 94 valence electrons. The van der Waals surface area contributed by atoms with Crippen LogP contribution in [0.25, 0.3) is 6.08 Å². The zero-order chi connectivity index (χ0) is 12.7. The highest BCUT2D eigenvalue weighted by molar-refractivity contribution is 5.52. The van der Waals surface area contributed by atoms with Crippen molar-refractivity contribution in [1.29, 1.82) is 0 Å². The number of rotatable bonds is 6. The fraction of sp³-hybridized carbons (Fsp3) is 0.533. The molecule has 0 saturated carbocycles. The number of nitrogens with zero attached hydrogens (tertiary/aromatic N) is 1. The van der Waals surface area contributed by atoms with E-state index in [4.69, 9.17) is 0 Å². The minimum Gasteiger partial charge on any atom is -0.313 e. The van der Waals surface area contributed by atoms with Crippen molar-refractivity contribution >= 4 is 6.08 Å². The van der Waals surface area contributed by atoms with E-state index in [0.29, 0.717) is 5.92 Å². The number of hydrogen-bond acceptors (Lipinski definition) is 2. The van der Waals surface area contributed by atoms with Crippen LogP contribution in [0.1, 0.15) is 38.4 Å². The second kappa shape index (κ2) is 7.23. The van der Waals surface area contributed by atoms with E-state index in [1.54, 1.807) is 0 Å². The first-order chi connectivity index (χ1) is 8.13. The molecule has 0 amide bonds. The molecule has 17 heavy (non-hydrogen) atoms. The van der Waals surface area contributed by atoms with Crippen molar-refractivity contribution in [2.75, 3.05) is 13.1 Å². The Morgan fingerprint density at radius 3 is 2.71 bits per heavy atom. The van der Waals surface area contributed by atoms with Gasteiger partial charge in [0.05, 0.1) is 0 Å². The quantitative estimate of drug-likeness (QED) is 0.760. The van der Waals surface area contributed by atoms with Gasteiger partial charge in [-0.2, -0.15) is 0 Å². The molecule has 1 aromatic heterocycles. The molecule has 1 rings (SSSR count). The fourth-order valence-corrected chi connectivity index (χ4v) is 1.61. The summed E-state index contributed by atoms with van der Waals surface area (Å²) in [7, 11) is 0. The average Bonchev–Trinajstić information content (AvgIpc) is 2.30. The second-order valence-corrected chi connectivity index (χ2v) is 4.78. The second-order valence-electron chi connectivity index (χ2n) is 4.78. The lowest BCUT2D eigenvalue weighted by Crippen LogP contribution is -2.19. The van der Waals surface area contributed by atoms with Crippen LogP contribution >= 0.6 is 0 Å². The highest BCUT2D eigenvalue weighted by Crippen LogP contribution is 2.13. The standard InChI is InChI=1S/C15H24N2/c1-5-8-16-11-15(12(2)3)9-14-7-6-13(4)17-10-14/h6-7,9-10,12,16H,5,8,11H2,1-4H3/b15-9-. The van der Waals surface area contributed by atoms with E-state index in [1.165, 1.54) is 17.6 Å². The van der Waals surface area contributed by atoms with Gasteiger partial charge in [-0.3, -0.25) is 4.98 Å². The Morgan fingerprint density at radius 2 is 2.18 bits per heavy atom. The Kier molecular flexibility index (Phi) is 5.92. The maximum Gasteiger partial charge on any atom is 0.0373 e. The van der Waals surface area contributed by atoms with Crippen LogP contribution in [0.4, 0.5) is 0 Å². The minimum absolute atomic E-state index is 0.570. The zero-order valence-electron chi connectivity index (χ0n) is 11.5. The summed E-state index contributed by atoms with van der Waals surface area (Å²) >= 11 is 0. The molecule has 1 aromatic rings. The van der Waals surface area contributed by atoms with Gasteiger partial charge in [-0.25, -0.2) is 0 Å². The molecule has 0 aliphatic rings. The van der Waals surface area contributed by atoms with E-state index in [0.717, 1.165) is 18.8 Å². The van der Waals surface area contributed by atoms with Gasteiger partial charge in [-0.05, 0) is 37.4 Å². The van der Waals surface area contributed by atoms with Gasteiger partial charge < -0.3 is 5.32 Å². The third-order valence-corrected chi connectivity index (χ3v) is 2.78. The maximum absolute atomic E-state index is 4.32. The van der Waals surface area contributed by atoms with Crippen LogP contribution in [-0.2, 0) is 0 Å². The first-order valence-electron chi connectivity index (χ1n) is 6.47. The Labute approximate surface area is 105 Å². The molecule has 0 fully saturated rings. The molecule has 1 N–H and O–H groups in total. The summed E-state index contributed by atoms with van der Waals surface area (Å²) in [5.41, 5.74) is 3.69. The topological polar surface area (TPSA) is 24.9 Å². The Hall–Kier alpha value is -1.15. The number of pyridine rings is 1. The van der Waals surface area contributed by atoms with Crippen molar-refractivity contribution in [3.63, 3.8) is 0 Å². The molecule has 2 nitrogen and oxygen atoms in total. The maximum atomic E-state index is 4.32. The molecular formula is C15H24N2. The van der Waals surface area contributed by atoms with Gasteiger partial charge >= 0.3 is 0 Å². The lowest BCUT2D eigenvalue weighted by atomic mass is 10.0. The summed E-state index contributed by atoms with van der Waals surface area (Å²) in [6, 6.07) is 4.19. The molecule has 0 saturated heterocycles. The van der Waals surface area contributed by atoms with Gasteiger partial charge in [-0.1, -0.05) is 38.5 Å². The van der Waals surface area contributed by atoms with Crippen molar-refractivity contribution in [2.24, 2.45) is 5.92 Å². The van der Waals surface area contributed by atoms with Crippen molar-refractivity contribution in [2.45, 2.75) is 34.1 Å². The zero-order valence-corrected chi connectivity index (χ0v) is 11.5. The highest BCUT2D eigenvalue weighted by atomic mass is 14.8. The molecule has 0 aromatic carbocycles. The normalized spacial score (nSPS) is 12.2. The van der Waals surface area contributed by atoms with Crippen LogP contribution in [0.3, 0.4) is 0 Å². The predicted octanol–water partition coefficient (Wildman–Crippen LogP) is 3.43. The molecule has 2 heteroatoms. The predicted molar refractivity (Wildman–Crippen MR) is 74.9 cm³/mol. The van der Waals surface area contributed by atoms with E-state index in [-0.39, 0.29) is 0 Å². The van der Waals surface area contributed by atoms with Gasteiger partial charge in [0.25, 0.3) is 0 Å². The average molecular weight is 232 g/mol. The summed E-state index contributed by atoms with van der Waals surface area (Å²) in [6.45, 7) is 10.7. The van der Waals surface area contributed by atoms with Gasteiger partial charge in [0.15, 0.2) is 0 Å². The van der Waals surface area contributed by atoms with Crippen LogP contribution in [0, 0.1) is 12.8 Å². The van der Waals surface area contributed by atoms with E-state index in [9.17, 15) is 0 Å². The molecule has 0 aliphatic carbocycles. The smallest absolute Gasteiger partial charge is 0.0373 e. The number of nitrogens with one attached hydrogen (secondary N) is 1.